The van der Waals surface area contributed by atoms with E-state index in [1.807, 2.05) is 0 Å². The summed E-state index contributed by atoms with van der Waals surface area (Å²) in [5.41, 5.74) is 0.273. The molecule has 0 bridgehead atoms. The molecule has 0 aliphatic heterocycles. The number of carbonyl (C=O) groups excluding carboxylic acids is 1. The summed E-state index contributed by atoms with van der Waals surface area (Å²) < 4.78 is 6.25. The fourth-order valence-electron chi connectivity index (χ4n) is 0.739. The van der Waals surface area contributed by atoms with E-state index in [2.05, 4.69) is 11.6 Å². The van der Waals surface area contributed by atoms with Crippen molar-refractivity contribution in [1.82, 2.24) is 9.55 Å². The maximum atomic E-state index is 11.1. The van der Waals surface area contributed by atoms with E-state index < -0.39 is 5.97 Å². The Morgan fingerprint density at radius 2 is 2.50 bits per heavy atom. The number of hydrogen-bond donors (Lipinski definition) is 0. The van der Waals surface area contributed by atoms with E-state index in [1.165, 1.54) is 10.9 Å². The van der Waals surface area contributed by atoms with Crippen molar-refractivity contribution in [3.8, 4) is 0 Å². The molecule has 4 heteroatoms. The number of esters is 1. The normalized spacial score (nSPS) is 9.42. The van der Waals surface area contributed by atoms with E-state index in [-0.39, 0.29) is 5.70 Å². The lowest BCUT2D eigenvalue weighted by Gasteiger charge is -2.04. The molecule has 0 aromatic carbocycles. The van der Waals surface area contributed by atoms with E-state index in [0.717, 1.165) is 0 Å². The number of imidazole rings is 1. The first-order valence-electron chi connectivity index (χ1n) is 3.60. The summed E-state index contributed by atoms with van der Waals surface area (Å²) in [5, 5.41) is 0. The zero-order chi connectivity index (χ0) is 8.97. The van der Waals surface area contributed by atoms with Crippen LogP contribution in [0.3, 0.4) is 0 Å². The van der Waals surface area contributed by atoms with Gasteiger partial charge in [-0.2, -0.15) is 0 Å². The van der Waals surface area contributed by atoms with Crippen LogP contribution in [0.2, 0.25) is 0 Å². The highest BCUT2D eigenvalue weighted by molar-refractivity contribution is 6.08. The quantitative estimate of drug-likeness (QED) is 0.495. The van der Waals surface area contributed by atoms with Crippen molar-refractivity contribution >= 4 is 11.7 Å². The van der Waals surface area contributed by atoms with Gasteiger partial charge in [0.2, 0.25) is 0 Å². The van der Waals surface area contributed by atoms with Crippen LogP contribution in [0, 0.1) is 0 Å². The Hall–Kier alpha value is -1.58. The van der Waals surface area contributed by atoms with Gasteiger partial charge in [0.25, 0.3) is 0 Å². The number of rotatable bonds is 3. The molecule has 0 radical (unpaired) electrons. The highest BCUT2D eigenvalue weighted by Gasteiger charge is 2.08. The summed E-state index contributed by atoms with van der Waals surface area (Å²) in [6, 6.07) is 0. The van der Waals surface area contributed by atoms with E-state index in [0.29, 0.717) is 6.61 Å². The lowest BCUT2D eigenvalue weighted by Crippen LogP contribution is -2.09. The Labute approximate surface area is 70.5 Å². The molecule has 0 unspecified atom stereocenters. The third kappa shape index (κ3) is 1.72. The topological polar surface area (TPSA) is 44.1 Å². The second-order valence-corrected chi connectivity index (χ2v) is 2.14. The summed E-state index contributed by atoms with van der Waals surface area (Å²) in [6.07, 6.45) is 4.71. The number of hydrogen-bond acceptors (Lipinski definition) is 3. The van der Waals surface area contributed by atoms with E-state index in [1.54, 1.807) is 19.3 Å². The zero-order valence-electron chi connectivity index (χ0n) is 6.86. The van der Waals surface area contributed by atoms with E-state index >= 15 is 0 Å². The maximum Gasteiger partial charge on any atom is 0.354 e. The molecule has 0 amide bonds. The fourth-order valence-corrected chi connectivity index (χ4v) is 0.739. The van der Waals surface area contributed by atoms with Crippen LogP contribution in [-0.4, -0.2) is 22.1 Å². The molecule has 0 aliphatic carbocycles. The smallest absolute Gasteiger partial charge is 0.354 e. The van der Waals surface area contributed by atoms with Crippen molar-refractivity contribution < 1.29 is 9.53 Å². The Balaban J connectivity index is 2.66. The Morgan fingerprint density at radius 3 is 3.00 bits per heavy atom. The molecule has 1 aromatic rings. The van der Waals surface area contributed by atoms with Gasteiger partial charge in [-0.05, 0) is 6.92 Å². The maximum absolute atomic E-state index is 11.1. The Kier molecular flexibility index (Phi) is 2.63. The van der Waals surface area contributed by atoms with Gasteiger partial charge in [0.05, 0.1) is 12.9 Å². The van der Waals surface area contributed by atoms with Crippen molar-refractivity contribution in [2.24, 2.45) is 0 Å². The monoisotopic (exact) mass is 166 g/mol. The first kappa shape index (κ1) is 8.52. The molecule has 1 heterocycles. The SMILES string of the molecule is C=C(C(=O)OCC)n1ccnc1. The summed E-state index contributed by atoms with van der Waals surface area (Å²) >= 11 is 0. The number of nitrogens with zero attached hydrogens (tertiary/aromatic N) is 2. The zero-order valence-corrected chi connectivity index (χ0v) is 6.86. The Morgan fingerprint density at radius 1 is 1.75 bits per heavy atom. The van der Waals surface area contributed by atoms with Gasteiger partial charge in [0.15, 0.2) is 0 Å². The molecule has 0 aliphatic rings. The minimum absolute atomic E-state index is 0.273. The molecule has 0 spiro atoms. The predicted octanol–water partition coefficient (Wildman–Crippen LogP) is 0.917. The van der Waals surface area contributed by atoms with Gasteiger partial charge in [0.1, 0.15) is 5.70 Å². The lowest BCUT2D eigenvalue weighted by molar-refractivity contribution is -0.136. The highest BCUT2D eigenvalue weighted by Crippen LogP contribution is 2.02. The van der Waals surface area contributed by atoms with E-state index in [4.69, 9.17) is 4.74 Å². The van der Waals surface area contributed by atoms with Gasteiger partial charge in [-0.25, -0.2) is 9.78 Å². The second kappa shape index (κ2) is 3.71. The van der Waals surface area contributed by atoms with Gasteiger partial charge >= 0.3 is 5.97 Å². The summed E-state index contributed by atoms with van der Waals surface area (Å²) in [6.45, 7) is 5.67. The minimum Gasteiger partial charge on any atom is -0.461 e. The van der Waals surface area contributed by atoms with E-state index in [9.17, 15) is 4.79 Å². The predicted molar refractivity (Wildman–Crippen MR) is 44.2 cm³/mol. The van der Waals surface area contributed by atoms with Crippen LogP contribution in [0.25, 0.3) is 5.70 Å². The average Bonchev–Trinajstić information content (AvgIpc) is 2.55. The number of ether oxygens (including phenoxy) is 1. The summed E-state index contributed by atoms with van der Waals surface area (Å²) in [5.74, 6) is -0.421. The summed E-state index contributed by atoms with van der Waals surface area (Å²) in [4.78, 5) is 14.9. The molecule has 0 N–H and O–H groups in total. The van der Waals surface area contributed by atoms with Gasteiger partial charge in [-0.15, -0.1) is 0 Å². The fraction of sp³-hybridized carbons (Fsp3) is 0.250. The molecule has 0 saturated heterocycles. The highest BCUT2D eigenvalue weighted by atomic mass is 16.5. The van der Waals surface area contributed by atoms with Crippen LogP contribution in [0.5, 0.6) is 0 Å². The van der Waals surface area contributed by atoms with Crippen LogP contribution < -0.4 is 0 Å². The molecule has 0 saturated carbocycles. The first-order chi connectivity index (χ1) is 5.75. The van der Waals surface area contributed by atoms with Crippen molar-refractivity contribution in [2.45, 2.75) is 6.92 Å². The molecular formula is C8H10N2O2. The third-order valence-electron chi connectivity index (χ3n) is 1.33. The van der Waals surface area contributed by atoms with Crippen molar-refractivity contribution in [2.75, 3.05) is 6.61 Å². The number of aromatic nitrogens is 2. The molecule has 0 fully saturated rings. The molecule has 4 nitrogen and oxygen atoms in total. The molecular weight excluding hydrogens is 156 g/mol. The van der Waals surface area contributed by atoms with Crippen LogP contribution >= 0.6 is 0 Å². The number of carbonyl (C=O) groups is 1. The largest absolute Gasteiger partial charge is 0.461 e. The van der Waals surface area contributed by atoms with Gasteiger partial charge in [0, 0.05) is 12.4 Å². The van der Waals surface area contributed by atoms with Crippen molar-refractivity contribution in [1.29, 1.82) is 0 Å². The van der Waals surface area contributed by atoms with Gasteiger partial charge in [-0.1, -0.05) is 6.58 Å². The lowest BCUT2D eigenvalue weighted by atomic mass is 10.5. The second-order valence-electron chi connectivity index (χ2n) is 2.14. The van der Waals surface area contributed by atoms with Crippen LogP contribution in [0.1, 0.15) is 6.92 Å². The molecule has 12 heavy (non-hydrogen) atoms. The van der Waals surface area contributed by atoms with Crippen LogP contribution in [-0.2, 0) is 9.53 Å². The molecule has 0 atom stereocenters. The Bertz CT molecular complexity index is 277. The third-order valence-corrected chi connectivity index (χ3v) is 1.33. The average molecular weight is 166 g/mol. The first-order valence-corrected chi connectivity index (χ1v) is 3.60. The van der Waals surface area contributed by atoms with Gasteiger partial charge < -0.3 is 9.30 Å². The van der Waals surface area contributed by atoms with Gasteiger partial charge in [-0.3, -0.25) is 0 Å². The minimum atomic E-state index is -0.421. The van der Waals surface area contributed by atoms with Crippen molar-refractivity contribution in [3.05, 3.63) is 25.3 Å². The van der Waals surface area contributed by atoms with Crippen LogP contribution in [0.4, 0.5) is 0 Å². The molecule has 1 aromatic heterocycles. The van der Waals surface area contributed by atoms with Crippen molar-refractivity contribution in [3.63, 3.8) is 0 Å². The van der Waals surface area contributed by atoms with Crippen LogP contribution in [0.15, 0.2) is 25.3 Å². The standard InChI is InChI=1S/C8H10N2O2/c1-3-12-8(11)7(2)10-5-4-9-6-10/h4-6H,2-3H2,1H3. The molecule has 1 rings (SSSR count). The summed E-state index contributed by atoms with van der Waals surface area (Å²) in [7, 11) is 0. The molecule has 64 valence electrons.